The molecule has 1 heterocycles. The van der Waals surface area contributed by atoms with E-state index in [1.807, 2.05) is 0 Å². The smallest absolute Gasteiger partial charge is 0.138 e. The highest BCUT2D eigenvalue weighted by molar-refractivity contribution is 9.09. The number of pyridine rings is 1. The van der Waals surface area contributed by atoms with Crippen molar-refractivity contribution in [3.05, 3.63) is 28.0 Å². The molecule has 0 unspecified atom stereocenters. The van der Waals surface area contributed by atoms with Gasteiger partial charge in [0, 0.05) is 16.8 Å². The van der Waals surface area contributed by atoms with E-state index in [1.165, 1.54) is 12.3 Å². The molecule has 0 radical (unpaired) electrons. The van der Waals surface area contributed by atoms with Crippen molar-refractivity contribution in [3.63, 3.8) is 0 Å². The standard InChI is InChI=1S/C7H4BrCl2NO/c8-5(3-12)4-2-11-7(10)1-6(4)9/h1-3,5H/t5-/m1/s1. The largest absolute Gasteiger partial charge is 0.302 e. The lowest BCUT2D eigenvalue weighted by Gasteiger charge is -2.03. The van der Waals surface area contributed by atoms with Gasteiger partial charge in [0.2, 0.25) is 0 Å². The van der Waals surface area contributed by atoms with E-state index in [0.717, 1.165) is 6.29 Å². The van der Waals surface area contributed by atoms with Gasteiger partial charge in [-0.05, 0) is 6.07 Å². The number of aldehydes is 1. The molecule has 1 atom stereocenters. The average molecular weight is 269 g/mol. The van der Waals surface area contributed by atoms with Crippen LogP contribution in [0, 0.1) is 0 Å². The molecule has 0 N–H and O–H groups in total. The summed E-state index contributed by atoms with van der Waals surface area (Å²) in [6.45, 7) is 0. The van der Waals surface area contributed by atoms with Gasteiger partial charge in [0.05, 0.1) is 4.83 Å². The van der Waals surface area contributed by atoms with Crippen LogP contribution in [0.5, 0.6) is 0 Å². The fraction of sp³-hybridized carbons (Fsp3) is 0.143. The summed E-state index contributed by atoms with van der Waals surface area (Å²) < 4.78 is 0. The summed E-state index contributed by atoms with van der Waals surface area (Å²) in [7, 11) is 0. The van der Waals surface area contributed by atoms with Crippen LogP contribution >= 0.6 is 39.1 Å². The van der Waals surface area contributed by atoms with Gasteiger partial charge in [0.1, 0.15) is 11.4 Å². The Morgan fingerprint density at radius 3 is 2.75 bits per heavy atom. The van der Waals surface area contributed by atoms with Crippen LogP contribution in [-0.2, 0) is 4.79 Å². The average Bonchev–Trinajstić information content (AvgIpc) is 2.03. The number of carbonyl (C=O) groups is 1. The van der Waals surface area contributed by atoms with Gasteiger partial charge >= 0.3 is 0 Å². The predicted molar refractivity (Wildman–Crippen MR) is 52.0 cm³/mol. The van der Waals surface area contributed by atoms with Crippen molar-refractivity contribution in [1.82, 2.24) is 4.98 Å². The van der Waals surface area contributed by atoms with Crippen LogP contribution in [0.3, 0.4) is 0 Å². The molecule has 0 aliphatic rings. The Morgan fingerprint density at radius 1 is 1.58 bits per heavy atom. The predicted octanol–water partition coefficient (Wildman–Crippen LogP) is 3.02. The number of aromatic nitrogens is 1. The van der Waals surface area contributed by atoms with E-state index in [2.05, 4.69) is 20.9 Å². The van der Waals surface area contributed by atoms with Gasteiger partial charge < -0.3 is 4.79 Å². The van der Waals surface area contributed by atoms with Gasteiger partial charge in [-0.2, -0.15) is 0 Å². The summed E-state index contributed by atoms with van der Waals surface area (Å²) >= 11 is 14.5. The van der Waals surface area contributed by atoms with Crippen LogP contribution in [0.1, 0.15) is 10.4 Å². The maximum atomic E-state index is 10.4. The lowest BCUT2D eigenvalue weighted by molar-refractivity contribution is -0.107. The van der Waals surface area contributed by atoms with Crippen molar-refractivity contribution in [2.24, 2.45) is 0 Å². The summed E-state index contributed by atoms with van der Waals surface area (Å²) in [6, 6.07) is 1.50. The Hall–Kier alpha value is -0.120. The van der Waals surface area contributed by atoms with E-state index in [9.17, 15) is 4.79 Å². The first-order valence-corrected chi connectivity index (χ1v) is 4.72. The summed E-state index contributed by atoms with van der Waals surface area (Å²) in [5.74, 6) is 0. The Labute approximate surface area is 88.0 Å². The zero-order valence-corrected chi connectivity index (χ0v) is 8.90. The van der Waals surface area contributed by atoms with Gasteiger partial charge in [-0.15, -0.1) is 0 Å². The lowest BCUT2D eigenvalue weighted by atomic mass is 10.2. The lowest BCUT2D eigenvalue weighted by Crippen LogP contribution is -1.93. The van der Waals surface area contributed by atoms with Crippen molar-refractivity contribution >= 4 is 45.4 Å². The second kappa shape index (κ2) is 4.21. The molecule has 0 fully saturated rings. The Morgan fingerprint density at radius 2 is 2.25 bits per heavy atom. The number of alkyl halides is 1. The molecule has 0 aliphatic heterocycles. The number of hydrogen-bond donors (Lipinski definition) is 0. The number of nitrogens with zero attached hydrogens (tertiary/aromatic N) is 1. The fourth-order valence-corrected chi connectivity index (χ4v) is 1.67. The molecule has 0 saturated heterocycles. The molecule has 2 nitrogen and oxygen atoms in total. The number of rotatable bonds is 2. The minimum atomic E-state index is -0.422. The Bertz CT molecular complexity index is 305. The zero-order chi connectivity index (χ0) is 9.14. The molecule has 1 aromatic rings. The third-order valence-corrected chi connectivity index (χ3v) is 2.51. The van der Waals surface area contributed by atoms with Gasteiger partial charge in [0.25, 0.3) is 0 Å². The van der Waals surface area contributed by atoms with Gasteiger partial charge in [0.15, 0.2) is 0 Å². The van der Waals surface area contributed by atoms with Crippen molar-refractivity contribution in [2.75, 3.05) is 0 Å². The molecule has 1 aromatic heterocycles. The first-order chi connectivity index (χ1) is 5.65. The molecule has 0 aromatic carbocycles. The van der Waals surface area contributed by atoms with Crippen molar-refractivity contribution in [3.8, 4) is 0 Å². The molecule has 0 spiro atoms. The highest BCUT2D eigenvalue weighted by Crippen LogP contribution is 2.28. The van der Waals surface area contributed by atoms with Gasteiger partial charge in [-0.25, -0.2) is 4.98 Å². The van der Waals surface area contributed by atoms with Crippen LogP contribution in [0.15, 0.2) is 12.3 Å². The minimum absolute atomic E-state index is 0.314. The van der Waals surface area contributed by atoms with Crippen LogP contribution < -0.4 is 0 Å². The van der Waals surface area contributed by atoms with E-state index in [1.54, 1.807) is 0 Å². The number of hydrogen-bond acceptors (Lipinski definition) is 2. The molecule has 64 valence electrons. The zero-order valence-electron chi connectivity index (χ0n) is 5.80. The maximum absolute atomic E-state index is 10.4. The Kier molecular flexibility index (Phi) is 3.50. The first-order valence-electron chi connectivity index (χ1n) is 3.05. The monoisotopic (exact) mass is 267 g/mol. The third kappa shape index (κ3) is 2.19. The summed E-state index contributed by atoms with van der Waals surface area (Å²) in [4.78, 5) is 13.8. The molecular weight excluding hydrogens is 265 g/mol. The minimum Gasteiger partial charge on any atom is -0.302 e. The SMILES string of the molecule is O=C[C@@H](Br)c1cnc(Cl)cc1Cl. The second-order valence-corrected chi connectivity index (χ2v) is 3.85. The van der Waals surface area contributed by atoms with Crippen molar-refractivity contribution < 1.29 is 4.79 Å². The molecule has 1 rings (SSSR count). The van der Waals surface area contributed by atoms with Crippen LogP contribution in [0.4, 0.5) is 0 Å². The van der Waals surface area contributed by atoms with Gasteiger partial charge in [-0.1, -0.05) is 39.1 Å². The van der Waals surface area contributed by atoms with Crippen LogP contribution in [0.25, 0.3) is 0 Å². The van der Waals surface area contributed by atoms with Gasteiger partial charge in [-0.3, -0.25) is 0 Å². The quantitative estimate of drug-likeness (QED) is 0.469. The second-order valence-electron chi connectivity index (χ2n) is 2.07. The molecule has 0 bridgehead atoms. The topological polar surface area (TPSA) is 30.0 Å². The third-order valence-electron chi connectivity index (χ3n) is 1.27. The molecule has 0 saturated carbocycles. The number of halogens is 3. The van der Waals surface area contributed by atoms with E-state index in [4.69, 9.17) is 23.2 Å². The maximum Gasteiger partial charge on any atom is 0.138 e. The summed E-state index contributed by atoms with van der Waals surface area (Å²) in [5, 5.41) is 0.748. The van der Waals surface area contributed by atoms with E-state index in [0.29, 0.717) is 15.7 Å². The highest BCUT2D eigenvalue weighted by Gasteiger charge is 2.10. The highest BCUT2D eigenvalue weighted by atomic mass is 79.9. The van der Waals surface area contributed by atoms with Crippen molar-refractivity contribution in [1.29, 1.82) is 0 Å². The van der Waals surface area contributed by atoms with E-state index in [-0.39, 0.29) is 0 Å². The van der Waals surface area contributed by atoms with Crippen LogP contribution in [0.2, 0.25) is 10.2 Å². The van der Waals surface area contributed by atoms with E-state index >= 15 is 0 Å². The molecule has 12 heavy (non-hydrogen) atoms. The molecule has 5 heteroatoms. The number of carbonyl (C=O) groups excluding carboxylic acids is 1. The molecule has 0 aliphatic carbocycles. The summed E-state index contributed by atoms with van der Waals surface area (Å²) in [5.41, 5.74) is 0.621. The molecular formula is C7H4BrCl2NO. The summed E-state index contributed by atoms with van der Waals surface area (Å²) in [6.07, 6.45) is 2.20. The van der Waals surface area contributed by atoms with E-state index < -0.39 is 4.83 Å². The fourth-order valence-electron chi connectivity index (χ4n) is 0.694. The van der Waals surface area contributed by atoms with Crippen LogP contribution in [-0.4, -0.2) is 11.3 Å². The first kappa shape index (κ1) is 9.96. The van der Waals surface area contributed by atoms with Crippen molar-refractivity contribution in [2.45, 2.75) is 4.83 Å². The normalized spacial score (nSPS) is 12.6. The molecule has 0 amide bonds. The Balaban J connectivity index is 3.09.